The van der Waals surface area contributed by atoms with Crippen molar-refractivity contribution in [2.24, 2.45) is 19.3 Å². The highest BCUT2D eigenvalue weighted by atomic mass is 35.5. The normalized spacial score (nSPS) is 18.7. The van der Waals surface area contributed by atoms with Gasteiger partial charge in [-0.2, -0.15) is 8.42 Å². The molecule has 10 nitrogen and oxygen atoms in total. The van der Waals surface area contributed by atoms with Crippen LogP contribution >= 0.6 is 23.8 Å². The van der Waals surface area contributed by atoms with E-state index in [1.54, 1.807) is 6.92 Å². The molecule has 1 aromatic heterocycles. The molecule has 1 aliphatic heterocycles. The van der Waals surface area contributed by atoms with Crippen molar-refractivity contribution in [3.63, 3.8) is 0 Å². The molecule has 2 aromatic rings. The number of oxime groups is 1. The van der Waals surface area contributed by atoms with E-state index in [1.807, 2.05) is 0 Å². The highest BCUT2D eigenvalue weighted by molar-refractivity contribution is 7.86. The van der Waals surface area contributed by atoms with Crippen molar-refractivity contribution in [1.29, 1.82) is 0 Å². The fourth-order valence-corrected chi connectivity index (χ4v) is 3.82. The summed E-state index contributed by atoms with van der Waals surface area (Å²) in [6, 6.07) is 2.15. The molecule has 168 valence electrons. The van der Waals surface area contributed by atoms with Gasteiger partial charge in [0.1, 0.15) is 12.4 Å². The third kappa shape index (κ3) is 4.49. The topological polar surface area (TPSA) is 114 Å². The molecule has 3 rings (SSSR count). The summed E-state index contributed by atoms with van der Waals surface area (Å²) in [5.74, 6) is -0.909. The molecule has 0 saturated heterocycles. The molecule has 1 aliphatic rings. The first kappa shape index (κ1) is 23.3. The first-order valence-electron chi connectivity index (χ1n) is 8.72. The molecule has 0 radical (unpaired) electrons. The zero-order valence-corrected chi connectivity index (χ0v) is 19.3. The van der Waals surface area contributed by atoms with Crippen molar-refractivity contribution in [3.8, 4) is 5.69 Å². The summed E-state index contributed by atoms with van der Waals surface area (Å²) in [4.78, 5) is 30.6. The molecular weight excluding hydrogens is 475 g/mol. The van der Waals surface area contributed by atoms with E-state index in [0.29, 0.717) is 4.57 Å². The minimum Gasteiger partial charge on any atom is -0.386 e. The maximum absolute atomic E-state index is 14.7. The van der Waals surface area contributed by atoms with Gasteiger partial charge in [0.05, 0.1) is 22.7 Å². The molecular formula is C17H18ClFN4O6S2. The number of benzene rings is 1. The van der Waals surface area contributed by atoms with Crippen molar-refractivity contribution >= 4 is 39.6 Å². The summed E-state index contributed by atoms with van der Waals surface area (Å²) in [5.41, 5.74) is -2.66. The Morgan fingerprint density at radius 2 is 1.87 bits per heavy atom. The van der Waals surface area contributed by atoms with Gasteiger partial charge in [0.25, 0.3) is 10.1 Å². The van der Waals surface area contributed by atoms with Gasteiger partial charge in [-0.1, -0.05) is 16.8 Å². The van der Waals surface area contributed by atoms with Crippen molar-refractivity contribution in [2.75, 3.05) is 12.9 Å². The maximum Gasteiger partial charge on any atom is 0.338 e. The Morgan fingerprint density at radius 1 is 1.29 bits per heavy atom. The lowest BCUT2D eigenvalue weighted by atomic mass is 9.96. The molecule has 31 heavy (non-hydrogen) atoms. The van der Waals surface area contributed by atoms with Crippen LogP contribution in [0.5, 0.6) is 0 Å². The second-order valence-corrected chi connectivity index (χ2v) is 9.72. The lowest BCUT2D eigenvalue weighted by molar-refractivity contribution is -0.0340. The molecule has 0 saturated carbocycles. The van der Waals surface area contributed by atoms with Crippen molar-refractivity contribution in [3.05, 3.63) is 54.3 Å². The monoisotopic (exact) mass is 492 g/mol. The molecule has 0 fully saturated rings. The molecule has 2 heterocycles. The SMILES string of the molecule is Cn1c(=S)n(C)c(=O)n(-c2cc(C3=NOC(C)(COS(C)(=O)=O)C3)c(Cl)cc2F)c1=O. The standard InChI is InChI=1S/C17H18ClFN4O6S2/c1-17(8-28-31(4,26)27)7-12(20-29-17)9-5-13(11(19)6-10(9)18)23-14(24)21(2)16(30)22(3)15(23)25/h5-6H,7-8H2,1-4H3. The Hall–Kier alpha value is -2.35. The van der Waals surface area contributed by atoms with Crippen LogP contribution in [-0.2, 0) is 33.2 Å². The van der Waals surface area contributed by atoms with Gasteiger partial charge in [0.2, 0.25) is 0 Å². The molecule has 14 heteroatoms. The van der Waals surface area contributed by atoms with E-state index >= 15 is 0 Å². The van der Waals surface area contributed by atoms with Gasteiger partial charge in [-0.25, -0.2) is 18.5 Å². The van der Waals surface area contributed by atoms with Crippen molar-refractivity contribution in [2.45, 2.75) is 18.9 Å². The highest BCUT2D eigenvalue weighted by Crippen LogP contribution is 2.31. The van der Waals surface area contributed by atoms with Crippen LogP contribution in [0.1, 0.15) is 18.9 Å². The average molecular weight is 493 g/mol. The maximum atomic E-state index is 14.7. The summed E-state index contributed by atoms with van der Waals surface area (Å²) in [6.07, 6.45) is 0.988. The van der Waals surface area contributed by atoms with E-state index in [1.165, 1.54) is 20.2 Å². The van der Waals surface area contributed by atoms with Gasteiger partial charge in [-0.05, 0) is 31.3 Å². The number of nitrogens with zero attached hydrogens (tertiary/aromatic N) is 4. The lowest BCUT2D eigenvalue weighted by Crippen LogP contribution is -2.43. The second kappa shape index (κ2) is 7.97. The van der Waals surface area contributed by atoms with E-state index in [-0.39, 0.29) is 39.8 Å². The van der Waals surface area contributed by atoms with Gasteiger partial charge < -0.3 is 4.84 Å². The minimum atomic E-state index is -3.70. The smallest absolute Gasteiger partial charge is 0.338 e. The third-order valence-electron chi connectivity index (χ3n) is 4.61. The van der Waals surface area contributed by atoms with Crippen LogP contribution in [0.4, 0.5) is 4.39 Å². The van der Waals surface area contributed by atoms with E-state index < -0.39 is 32.9 Å². The van der Waals surface area contributed by atoms with Crippen LogP contribution in [0, 0.1) is 10.6 Å². The Bertz CT molecular complexity index is 1350. The first-order chi connectivity index (χ1) is 14.2. The molecule has 1 aromatic carbocycles. The van der Waals surface area contributed by atoms with Crippen LogP contribution in [0.15, 0.2) is 26.9 Å². The zero-order chi connectivity index (χ0) is 23.3. The molecule has 1 atom stereocenters. The predicted molar refractivity (Wildman–Crippen MR) is 113 cm³/mol. The molecule has 1 unspecified atom stereocenters. The molecule has 0 N–H and O–H groups in total. The molecule has 0 amide bonds. The zero-order valence-electron chi connectivity index (χ0n) is 16.9. The summed E-state index contributed by atoms with van der Waals surface area (Å²) < 4.78 is 44.7. The third-order valence-corrected chi connectivity index (χ3v) is 6.02. The average Bonchev–Trinajstić information content (AvgIpc) is 3.07. The largest absolute Gasteiger partial charge is 0.386 e. The van der Waals surface area contributed by atoms with E-state index in [2.05, 4.69) is 5.16 Å². The Balaban J connectivity index is 2.09. The summed E-state index contributed by atoms with van der Waals surface area (Å²) in [7, 11) is -0.985. The van der Waals surface area contributed by atoms with E-state index in [9.17, 15) is 22.4 Å². The summed E-state index contributed by atoms with van der Waals surface area (Å²) in [6.45, 7) is 1.27. The first-order valence-corrected chi connectivity index (χ1v) is 11.3. The van der Waals surface area contributed by atoms with Gasteiger partial charge in [0, 0.05) is 26.1 Å². The van der Waals surface area contributed by atoms with Crippen LogP contribution in [0.25, 0.3) is 5.69 Å². The van der Waals surface area contributed by atoms with E-state index in [0.717, 1.165) is 21.5 Å². The minimum absolute atomic E-state index is 0.0314. The highest BCUT2D eigenvalue weighted by Gasteiger charge is 2.37. The van der Waals surface area contributed by atoms with E-state index in [4.69, 9.17) is 32.8 Å². The number of aromatic nitrogens is 3. The quantitative estimate of drug-likeness (QED) is 0.456. The van der Waals surface area contributed by atoms with Gasteiger partial charge in [-0.15, -0.1) is 0 Å². The second-order valence-electron chi connectivity index (χ2n) is 7.31. The van der Waals surface area contributed by atoms with Gasteiger partial charge in [-0.3, -0.25) is 13.3 Å². The van der Waals surface area contributed by atoms with Crippen molar-refractivity contribution in [1.82, 2.24) is 13.7 Å². The number of halogens is 2. The Morgan fingerprint density at radius 3 is 2.42 bits per heavy atom. The molecule has 0 bridgehead atoms. The molecule has 0 spiro atoms. The van der Waals surface area contributed by atoms with Gasteiger partial charge >= 0.3 is 11.4 Å². The van der Waals surface area contributed by atoms with Crippen molar-refractivity contribution < 1.29 is 21.8 Å². The van der Waals surface area contributed by atoms with Crippen LogP contribution < -0.4 is 11.4 Å². The summed E-state index contributed by atoms with van der Waals surface area (Å²) in [5, 5.41) is 3.89. The molecule has 0 aliphatic carbocycles. The number of hydrogen-bond acceptors (Lipinski definition) is 8. The van der Waals surface area contributed by atoms with Gasteiger partial charge in [0.15, 0.2) is 10.4 Å². The van der Waals surface area contributed by atoms with Crippen LogP contribution in [-0.4, -0.2) is 46.3 Å². The predicted octanol–water partition coefficient (Wildman–Crippen LogP) is 1.26. The number of hydrogen-bond donors (Lipinski definition) is 0. The fourth-order valence-electron chi connectivity index (χ4n) is 2.94. The lowest BCUT2D eigenvalue weighted by Gasteiger charge is -2.20. The number of rotatable bonds is 5. The summed E-state index contributed by atoms with van der Waals surface area (Å²) >= 11 is 11.2. The van der Waals surface area contributed by atoms with Crippen LogP contribution in [0.3, 0.4) is 0 Å². The Kier molecular flexibility index (Phi) is 5.99. The fraction of sp³-hybridized carbons (Fsp3) is 0.412. The Labute approximate surface area is 186 Å². The van der Waals surface area contributed by atoms with Crippen LogP contribution in [0.2, 0.25) is 5.02 Å².